The number of aryl methyl sites for hydroxylation is 1. The smallest absolute Gasteiger partial charge is 0.223 e. The number of rotatable bonds is 5. The van der Waals surface area contributed by atoms with Gasteiger partial charge >= 0.3 is 0 Å². The molecule has 0 bridgehead atoms. The molecular weight excluding hydrogens is 258 g/mol. The van der Waals surface area contributed by atoms with Gasteiger partial charge < -0.3 is 4.90 Å². The Morgan fingerprint density at radius 1 is 1.37 bits per heavy atom. The number of hydrogen-bond acceptors (Lipinski definition) is 3. The number of carbonyl (C=O) groups is 2. The Morgan fingerprint density at radius 2 is 2.11 bits per heavy atom. The van der Waals surface area contributed by atoms with Crippen molar-refractivity contribution in [3.8, 4) is 0 Å². The van der Waals surface area contributed by atoms with E-state index in [-0.39, 0.29) is 16.3 Å². The number of thioether (sulfide) groups is 1. The van der Waals surface area contributed by atoms with Crippen molar-refractivity contribution >= 4 is 22.8 Å². The van der Waals surface area contributed by atoms with E-state index in [1.165, 1.54) is 17.3 Å². The van der Waals surface area contributed by atoms with E-state index < -0.39 is 0 Å². The first kappa shape index (κ1) is 14.1. The molecular formula is C15H19NO2S. The monoisotopic (exact) mass is 277 g/mol. The first-order valence-electron chi connectivity index (χ1n) is 6.64. The van der Waals surface area contributed by atoms with E-state index in [2.05, 4.69) is 12.1 Å². The lowest BCUT2D eigenvalue weighted by atomic mass is 10.1. The zero-order valence-electron chi connectivity index (χ0n) is 11.2. The molecule has 102 valence electrons. The van der Waals surface area contributed by atoms with Crippen LogP contribution in [0.5, 0.6) is 0 Å². The average molecular weight is 277 g/mol. The summed E-state index contributed by atoms with van der Waals surface area (Å²) in [5, 5.41) is 0.255. The second-order valence-corrected chi connectivity index (χ2v) is 6.34. The maximum Gasteiger partial charge on any atom is 0.223 e. The van der Waals surface area contributed by atoms with Crippen molar-refractivity contribution in [3.63, 3.8) is 0 Å². The molecule has 0 radical (unpaired) electrons. The van der Waals surface area contributed by atoms with Gasteiger partial charge in [-0.1, -0.05) is 42.1 Å². The maximum atomic E-state index is 11.8. The largest absolute Gasteiger partial charge is 0.342 e. The molecule has 3 nitrogen and oxygen atoms in total. The molecule has 1 saturated heterocycles. The molecule has 0 aliphatic carbocycles. The number of nitrogens with zero attached hydrogens (tertiary/aromatic N) is 1. The van der Waals surface area contributed by atoms with Gasteiger partial charge in [-0.3, -0.25) is 9.59 Å². The highest BCUT2D eigenvalue weighted by atomic mass is 32.2. The molecule has 0 saturated carbocycles. The summed E-state index contributed by atoms with van der Waals surface area (Å²) in [5.74, 6) is 0.187. The minimum absolute atomic E-state index is 0.101. The maximum absolute atomic E-state index is 11.8. The van der Waals surface area contributed by atoms with Gasteiger partial charge in [0, 0.05) is 31.7 Å². The zero-order valence-corrected chi connectivity index (χ0v) is 12.0. The van der Waals surface area contributed by atoms with Gasteiger partial charge in [0.15, 0.2) is 5.12 Å². The fraction of sp³-hybridized carbons (Fsp3) is 0.467. The SMILES string of the molecule is CC(=O)SC1CC(=O)N(CCCc2ccccc2)C1. The lowest BCUT2D eigenvalue weighted by Crippen LogP contribution is -2.27. The van der Waals surface area contributed by atoms with E-state index in [1.807, 2.05) is 23.1 Å². The van der Waals surface area contributed by atoms with Crippen LogP contribution in [0.3, 0.4) is 0 Å². The normalized spacial score (nSPS) is 18.9. The lowest BCUT2D eigenvalue weighted by Gasteiger charge is -2.16. The summed E-state index contributed by atoms with van der Waals surface area (Å²) in [7, 11) is 0. The topological polar surface area (TPSA) is 37.4 Å². The fourth-order valence-electron chi connectivity index (χ4n) is 2.38. The molecule has 1 amide bonds. The molecule has 1 aliphatic rings. The van der Waals surface area contributed by atoms with Crippen LogP contribution in [0.1, 0.15) is 25.3 Å². The molecule has 0 aromatic heterocycles. The summed E-state index contributed by atoms with van der Waals surface area (Å²) in [5.41, 5.74) is 1.31. The number of carbonyl (C=O) groups excluding carboxylic acids is 2. The van der Waals surface area contributed by atoms with Crippen molar-refractivity contribution in [1.82, 2.24) is 4.90 Å². The minimum atomic E-state index is 0.101. The van der Waals surface area contributed by atoms with Crippen LogP contribution in [0.4, 0.5) is 0 Å². The third-order valence-corrected chi connectivity index (χ3v) is 4.23. The summed E-state index contributed by atoms with van der Waals surface area (Å²) >= 11 is 1.30. The highest BCUT2D eigenvalue weighted by molar-refractivity contribution is 8.14. The number of benzene rings is 1. The molecule has 0 N–H and O–H groups in total. The standard InChI is InChI=1S/C15H19NO2S/c1-12(17)19-14-10-15(18)16(11-14)9-5-8-13-6-3-2-4-7-13/h2-4,6-7,14H,5,8-11H2,1H3. The molecule has 1 aromatic rings. The zero-order chi connectivity index (χ0) is 13.7. The highest BCUT2D eigenvalue weighted by Crippen LogP contribution is 2.24. The van der Waals surface area contributed by atoms with Gasteiger partial charge in [0.05, 0.1) is 0 Å². The third kappa shape index (κ3) is 4.39. The predicted octanol–water partition coefficient (Wildman–Crippen LogP) is 2.50. The average Bonchev–Trinajstić information content (AvgIpc) is 2.70. The molecule has 1 unspecified atom stereocenters. The van der Waals surface area contributed by atoms with Gasteiger partial charge in [0.2, 0.25) is 5.91 Å². The van der Waals surface area contributed by atoms with Crippen molar-refractivity contribution in [2.75, 3.05) is 13.1 Å². The van der Waals surface area contributed by atoms with E-state index in [0.717, 1.165) is 25.9 Å². The molecule has 1 fully saturated rings. The number of amides is 1. The quantitative estimate of drug-likeness (QED) is 0.830. The van der Waals surface area contributed by atoms with Gasteiger partial charge in [-0.05, 0) is 18.4 Å². The van der Waals surface area contributed by atoms with Crippen LogP contribution in [-0.4, -0.2) is 34.3 Å². The van der Waals surface area contributed by atoms with Gasteiger partial charge in [-0.15, -0.1) is 0 Å². The summed E-state index contributed by atoms with van der Waals surface area (Å²) in [6.07, 6.45) is 2.48. The summed E-state index contributed by atoms with van der Waals surface area (Å²) in [4.78, 5) is 24.7. The van der Waals surface area contributed by atoms with Gasteiger partial charge in [0.1, 0.15) is 0 Å². The first-order chi connectivity index (χ1) is 9.15. The van der Waals surface area contributed by atoms with Gasteiger partial charge in [0.25, 0.3) is 0 Å². The molecule has 19 heavy (non-hydrogen) atoms. The van der Waals surface area contributed by atoms with Crippen LogP contribution in [0, 0.1) is 0 Å². The molecule has 1 aliphatic heterocycles. The van der Waals surface area contributed by atoms with Crippen molar-refractivity contribution in [2.45, 2.75) is 31.4 Å². The first-order valence-corrected chi connectivity index (χ1v) is 7.52. The molecule has 0 spiro atoms. The van der Waals surface area contributed by atoms with E-state index in [0.29, 0.717) is 6.42 Å². The molecule has 2 rings (SSSR count). The van der Waals surface area contributed by atoms with E-state index in [4.69, 9.17) is 0 Å². The van der Waals surface area contributed by atoms with Crippen molar-refractivity contribution < 1.29 is 9.59 Å². The Kier molecular flexibility index (Phi) is 5.02. The van der Waals surface area contributed by atoms with Crippen LogP contribution < -0.4 is 0 Å². The van der Waals surface area contributed by atoms with Crippen LogP contribution in [0.2, 0.25) is 0 Å². The Labute approximate surface area is 118 Å². The predicted molar refractivity (Wildman–Crippen MR) is 78.0 cm³/mol. The summed E-state index contributed by atoms with van der Waals surface area (Å²) in [6, 6.07) is 10.3. The number of likely N-dealkylation sites (tertiary alicyclic amines) is 1. The van der Waals surface area contributed by atoms with Gasteiger partial charge in [-0.2, -0.15) is 0 Å². The Morgan fingerprint density at radius 3 is 2.79 bits per heavy atom. The van der Waals surface area contributed by atoms with Crippen molar-refractivity contribution in [2.24, 2.45) is 0 Å². The van der Waals surface area contributed by atoms with Crippen molar-refractivity contribution in [1.29, 1.82) is 0 Å². The third-order valence-electron chi connectivity index (χ3n) is 3.25. The Bertz CT molecular complexity index is 447. The van der Waals surface area contributed by atoms with E-state index in [1.54, 1.807) is 6.92 Å². The van der Waals surface area contributed by atoms with Crippen LogP contribution in [0.15, 0.2) is 30.3 Å². The summed E-state index contributed by atoms with van der Waals surface area (Å²) < 4.78 is 0. The van der Waals surface area contributed by atoms with Crippen LogP contribution in [0.25, 0.3) is 0 Å². The highest BCUT2D eigenvalue weighted by Gasteiger charge is 2.30. The second kappa shape index (κ2) is 6.75. The van der Waals surface area contributed by atoms with E-state index in [9.17, 15) is 9.59 Å². The molecule has 1 heterocycles. The molecule has 1 atom stereocenters. The van der Waals surface area contributed by atoms with Crippen LogP contribution >= 0.6 is 11.8 Å². The van der Waals surface area contributed by atoms with E-state index >= 15 is 0 Å². The second-order valence-electron chi connectivity index (χ2n) is 4.86. The Balaban J connectivity index is 1.74. The van der Waals surface area contributed by atoms with Crippen LogP contribution in [-0.2, 0) is 16.0 Å². The molecule has 4 heteroatoms. The minimum Gasteiger partial charge on any atom is -0.342 e. The summed E-state index contributed by atoms with van der Waals surface area (Å²) in [6.45, 7) is 3.08. The lowest BCUT2D eigenvalue weighted by molar-refractivity contribution is -0.127. The Hall–Kier alpha value is -1.29. The van der Waals surface area contributed by atoms with Crippen molar-refractivity contribution in [3.05, 3.63) is 35.9 Å². The fourth-order valence-corrected chi connectivity index (χ4v) is 3.33. The van der Waals surface area contributed by atoms with Gasteiger partial charge in [-0.25, -0.2) is 0 Å². The molecule has 1 aromatic carbocycles. The number of hydrogen-bond donors (Lipinski definition) is 0.